The molecule has 3 nitrogen and oxygen atoms in total. The number of methoxy groups -OCH3 is 1. The minimum atomic E-state index is 0.503. The number of nitrogens with zero attached hydrogens (tertiary/aromatic N) is 1. The minimum absolute atomic E-state index is 0.503. The van der Waals surface area contributed by atoms with Crippen LogP contribution in [0.4, 0.5) is 0 Å². The molecule has 106 valence electrons. The zero-order chi connectivity index (χ0) is 15.0. The van der Waals surface area contributed by atoms with Crippen molar-refractivity contribution in [2.24, 2.45) is 0 Å². The van der Waals surface area contributed by atoms with E-state index in [-0.39, 0.29) is 0 Å². The number of allylic oxidation sites excluding steroid dienone is 1. The Morgan fingerprint density at radius 2 is 1.85 bits per heavy atom. The molecule has 0 unspecified atom stereocenters. The summed E-state index contributed by atoms with van der Waals surface area (Å²) < 4.78 is 5.17. The molecule has 3 heteroatoms. The SMILES string of the molecule is CC#C/C=C(/C(=N)N(CC)CC)c1ccc(OC)cc1. The number of amidine groups is 1. The van der Waals surface area contributed by atoms with Crippen LogP contribution < -0.4 is 4.74 Å². The van der Waals surface area contributed by atoms with Crippen molar-refractivity contribution in [3.63, 3.8) is 0 Å². The van der Waals surface area contributed by atoms with E-state index < -0.39 is 0 Å². The second-order valence-corrected chi connectivity index (χ2v) is 4.20. The van der Waals surface area contributed by atoms with Gasteiger partial charge in [0.05, 0.1) is 7.11 Å². The van der Waals surface area contributed by atoms with Crippen LogP contribution in [0.1, 0.15) is 26.3 Å². The largest absolute Gasteiger partial charge is 0.497 e. The van der Waals surface area contributed by atoms with Crippen LogP contribution in [0.3, 0.4) is 0 Å². The van der Waals surface area contributed by atoms with E-state index in [1.54, 1.807) is 14.0 Å². The molecule has 0 fully saturated rings. The van der Waals surface area contributed by atoms with Crippen LogP contribution in [-0.2, 0) is 0 Å². The van der Waals surface area contributed by atoms with Gasteiger partial charge in [0, 0.05) is 18.7 Å². The first-order valence-electron chi connectivity index (χ1n) is 6.78. The molecular formula is C17H22N2O. The first kappa shape index (κ1) is 15.8. The van der Waals surface area contributed by atoms with Gasteiger partial charge in [-0.2, -0.15) is 0 Å². The Bertz CT molecular complexity index is 528. The smallest absolute Gasteiger partial charge is 0.129 e. The lowest BCUT2D eigenvalue weighted by Crippen LogP contribution is -2.30. The molecule has 0 radical (unpaired) electrons. The van der Waals surface area contributed by atoms with Crippen molar-refractivity contribution in [2.45, 2.75) is 20.8 Å². The monoisotopic (exact) mass is 270 g/mol. The fourth-order valence-electron chi connectivity index (χ4n) is 1.91. The van der Waals surface area contributed by atoms with Gasteiger partial charge in [-0.15, -0.1) is 5.92 Å². The van der Waals surface area contributed by atoms with Gasteiger partial charge in [0.2, 0.25) is 0 Å². The molecule has 0 heterocycles. The lowest BCUT2D eigenvalue weighted by Gasteiger charge is -2.23. The molecular weight excluding hydrogens is 248 g/mol. The first-order chi connectivity index (χ1) is 9.67. The van der Waals surface area contributed by atoms with Gasteiger partial charge in [-0.1, -0.05) is 18.1 Å². The molecule has 1 rings (SSSR count). The Balaban J connectivity index is 3.17. The van der Waals surface area contributed by atoms with E-state index in [1.807, 2.05) is 35.2 Å². The number of ether oxygens (including phenoxy) is 1. The van der Waals surface area contributed by atoms with Crippen molar-refractivity contribution >= 4 is 11.4 Å². The van der Waals surface area contributed by atoms with Gasteiger partial charge in [-0.3, -0.25) is 5.41 Å². The van der Waals surface area contributed by atoms with Gasteiger partial charge in [0.15, 0.2) is 0 Å². The topological polar surface area (TPSA) is 36.3 Å². The Morgan fingerprint density at radius 1 is 1.25 bits per heavy atom. The highest BCUT2D eigenvalue weighted by Gasteiger charge is 2.13. The summed E-state index contributed by atoms with van der Waals surface area (Å²) in [6.45, 7) is 7.51. The molecule has 0 saturated heterocycles. The maximum atomic E-state index is 8.38. The molecule has 1 N–H and O–H groups in total. The van der Waals surface area contributed by atoms with E-state index in [0.29, 0.717) is 5.84 Å². The van der Waals surface area contributed by atoms with E-state index >= 15 is 0 Å². The summed E-state index contributed by atoms with van der Waals surface area (Å²) in [6.07, 6.45) is 1.81. The highest BCUT2D eigenvalue weighted by molar-refractivity contribution is 6.21. The molecule has 0 aliphatic carbocycles. The van der Waals surface area contributed by atoms with Gasteiger partial charge >= 0.3 is 0 Å². The average Bonchev–Trinajstić information content (AvgIpc) is 2.49. The highest BCUT2D eigenvalue weighted by atomic mass is 16.5. The van der Waals surface area contributed by atoms with Crippen LogP contribution in [0, 0.1) is 17.3 Å². The van der Waals surface area contributed by atoms with Gasteiger partial charge in [0.25, 0.3) is 0 Å². The van der Waals surface area contributed by atoms with Crippen molar-refractivity contribution in [3.05, 3.63) is 35.9 Å². The summed E-state index contributed by atoms with van der Waals surface area (Å²) in [5.41, 5.74) is 1.82. The molecule has 0 saturated carbocycles. The van der Waals surface area contributed by atoms with Crippen molar-refractivity contribution in [1.82, 2.24) is 4.90 Å². The Morgan fingerprint density at radius 3 is 2.30 bits per heavy atom. The standard InChI is InChI=1S/C17H22N2O/c1-5-8-9-16(17(18)19(6-2)7-3)14-10-12-15(20-4)13-11-14/h9-13,18H,6-7H2,1-4H3/b16-9+,18-17?. The number of hydrogen-bond acceptors (Lipinski definition) is 2. The molecule has 1 aromatic rings. The van der Waals surface area contributed by atoms with Crippen LogP contribution in [0.2, 0.25) is 0 Å². The molecule has 0 atom stereocenters. The normalized spacial score (nSPS) is 10.5. The van der Waals surface area contributed by atoms with E-state index in [4.69, 9.17) is 10.1 Å². The van der Waals surface area contributed by atoms with Crippen LogP contribution in [-0.4, -0.2) is 30.9 Å². The lowest BCUT2D eigenvalue weighted by molar-refractivity contribution is 0.415. The second-order valence-electron chi connectivity index (χ2n) is 4.20. The predicted molar refractivity (Wildman–Crippen MR) is 85.1 cm³/mol. The number of likely N-dealkylation sites (N-methyl/N-ethyl adjacent to an activating group) is 1. The van der Waals surface area contributed by atoms with Crippen LogP contribution >= 0.6 is 0 Å². The molecule has 1 aromatic carbocycles. The molecule has 0 bridgehead atoms. The average molecular weight is 270 g/mol. The third kappa shape index (κ3) is 3.89. The van der Waals surface area contributed by atoms with Crippen LogP contribution in [0.25, 0.3) is 5.57 Å². The highest BCUT2D eigenvalue weighted by Crippen LogP contribution is 2.20. The third-order valence-corrected chi connectivity index (χ3v) is 3.10. The summed E-state index contributed by atoms with van der Waals surface area (Å²) in [5.74, 6) is 7.11. The maximum Gasteiger partial charge on any atom is 0.129 e. The van der Waals surface area contributed by atoms with E-state index in [9.17, 15) is 0 Å². The number of benzene rings is 1. The minimum Gasteiger partial charge on any atom is -0.497 e. The summed E-state index contributed by atoms with van der Waals surface area (Å²) in [4.78, 5) is 2.01. The molecule has 0 aliphatic heterocycles. The Labute approximate surface area is 121 Å². The Hall–Kier alpha value is -2.21. The van der Waals surface area contributed by atoms with Crippen molar-refractivity contribution in [1.29, 1.82) is 5.41 Å². The van der Waals surface area contributed by atoms with Crippen LogP contribution in [0.5, 0.6) is 5.75 Å². The maximum absolute atomic E-state index is 8.38. The number of nitrogens with one attached hydrogen (secondary N) is 1. The zero-order valence-corrected chi connectivity index (χ0v) is 12.7. The summed E-state index contributed by atoms with van der Waals surface area (Å²) >= 11 is 0. The number of hydrogen-bond donors (Lipinski definition) is 1. The summed E-state index contributed by atoms with van der Waals surface area (Å²) in [7, 11) is 1.65. The van der Waals surface area contributed by atoms with E-state index in [1.165, 1.54) is 0 Å². The molecule has 0 spiro atoms. The second kappa shape index (κ2) is 8.06. The van der Waals surface area contributed by atoms with Gasteiger partial charge in [-0.05, 0) is 44.5 Å². The van der Waals surface area contributed by atoms with Gasteiger partial charge < -0.3 is 9.64 Å². The van der Waals surface area contributed by atoms with Crippen molar-refractivity contribution in [3.8, 4) is 17.6 Å². The van der Waals surface area contributed by atoms with Crippen LogP contribution in [0.15, 0.2) is 30.3 Å². The quantitative estimate of drug-likeness (QED) is 0.505. The zero-order valence-electron chi connectivity index (χ0n) is 12.7. The van der Waals surface area contributed by atoms with Gasteiger partial charge in [-0.25, -0.2) is 0 Å². The molecule has 20 heavy (non-hydrogen) atoms. The Kier molecular flexibility index (Phi) is 6.39. The fraction of sp³-hybridized carbons (Fsp3) is 0.353. The number of rotatable bonds is 5. The summed E-state index contributed by atoms with van der Waals surface area (Å²) in [6, 6.07) is 7.72. The summed E-state index contributed by atoms with van der Waals surface area (Å²) in [5, 5.41) is 8.38. The predicted octanol–water partition coefficient (Wildman–Crippen LogP) is 3.42. The van der Waals surface area contributed by atoms with Crippen molar-refractivity contribution in [2.75, 3.05) is 20.2 Å². The lowest BCUT2D eigenvalue weighted by atomic mass is 10.0. The molecule has 0 aromatic heterocycles. The van der Waals surface area contributed by atoms with Gasteiger partial charge in [0.1, 0.15) is 11.6 Å². The van der Waals surface area contributed by atoms with E-state index in [0.717, 1.165) is 30.0 Å². The molecule has 0 amide bonds. The molecule has 0 aliphatic rings. The fourth-order valence-corrected chi connectivity index (χ4v) is 1.91. The van der Waals surface area contributed by atoms with Crippen molar-refractivity contribution < 1.29 is 4.74 Å². The van der Waals surface area contributed by atoms with E-state index in [2.05, 4.69) is 25.7 Å². The first-order valence-corrected chi connectivity index (χ1v) is 6.78. The third-order valence-electron chi connectivity index (χ3n) is 3.10.